The number of hydrogen-bond donors (Lipinski definition) is 1. The number of esters is 1. The molecule has 0 saturated heterocycles. The predicted molar refractivity (Wildman–Crippen MR) is 154 cm³/mol. The molecule has 4 rings (SSSR count). The van der Waals surface area contributed by atoms with Crippen molar-refractivity contribution in [3.05, 3.63) is 97.2 Å². The minimum atomic E-state index is -0.727. The Morgan fingerprint density at radius 1 is 1.18 bits per heavy atom. The Kier molecular flexibility index (Phi) is 8.71. The van der Waals surface area contributed by atoms with Crippen LogP contribution in [0.15, 0.2) is 76.2 Å². The minimum Gasteiger partial charge on any atom is -0.507 e. The van der Waals surface area contributed by atoms with Crippen LogP contribution in [0, 0.1) is 0 Å². The molecule has 204 valence electrons. The number of hydrogen-bond acceptors (Lipinski definition) is 8. The third-order valence-electron chi connectivity index (χ3n) is 6.51. The quantitative estimate of drug-likeness (QED) is 0.306. The summed E-state index contributed by atoms with van der Waals surface area (Å²) in [6.45, 7) is 13.5. The largest absolute Gasteiger partial charge is 0.507 e. The summed E-state index contributed by atoms with van der Waals surface area (Å²) in [4.78, 5) is 34.1. The highest BCUT2D eigenvalue weighted by Crippen LogP contribution is 2.32. The molecule has 39 heavy (non-hydrogen) atoms. The Morgan fingerprint density at radius 3 is 2.51 bits per heavy atom. The predicted octanol–water partition coefficient (Wildman–Crippen LogP) is 3.91. The van der Waals surface area contributed by atoms with Crippen molar-refractivity contribution in [3.63, 3.8) is 0 Å². The lowest BCUT2D eigenvalue weighted by Crippen LogP contribution is -2.39. The topological polar surface area (TPSA) is 93.4 Å². The van der Waals surface area contributed by atoms with Gasteiger partial charge in [-0.3, -0.25) is 9.36 Å². The average Bonchev–Trinajstić information content (AvgIpc) is 3.23. The molecular weight excluding hydrogens is 514 g/mol. The van der Waals surface area contributed by atoms with E-state index in [1.165, 1.54) is 15.9 Å². The zero-order valence-electron chi connectivity index (χ0n) is 22.6. The van der Waals surface area contributed by atoms with E-state index in [1.54, 1.807) is 50.3 Å². The van der Waals surface area contributed by atoms with Crippen LogP contribution in [0.1, 0.15) is 44.9 Å². The van der Waals surface area contributed by atoms with Gasteiger partial charge in [-0.05, 0) is 63.6 Å². The van der Waals surface area contributed by atoms with Gasteiger partial charge >= 0.3 is 5.97 Å². The Morgan fingerprint density at radius 2 is 1.90 bits per heavy atom. The zero-order valence-corrected chi connectivity index (χ0v) is 23.5. The summed E-state index contributed by atoms with van der Waals surface area (Å²) in [7, 11) is 0. The number of phenols is 1. The maximum atomic E-state index is 13.8. The van der Waals surface area contributed by atoms with Crippen LogP contribution in [-0.2, 0) is 9.53 Å². The van der Waals surface area contributed by atoms with E-state index < -0.39 is 12.0 Å². The monoisotopic (exact) mass is 547 g/mol. The third kappa shape index (κ3) is 5.68. The Hall–Kier alpha value is -4.11. The van der Waals surface area contributed by atoms with Gasteiger partial charge in [-0.15, -0.1) is 0 Å². The van der Waals surface area contributed by atoms with Gasteiger partial charge in [-0.1, -0.05) is 36.1 Å². The maximum Gasteiger partial charge on any atom is 0.338 e. The summed E-state index contributed by atoms with van der Waals surface area (Å²) in [6, 6.07) is 12.0. The van der Waals surface area contributed by atoms with Gasteiger partial charge < -0.3 is 19.5 Å². The first-order chi connectivity index (χ1) is 18.8. The molecule has 1 N–H and O–H groups in total. The summed E-state index contributed by atoms with van der Waals surface area (Å²) in [5.74, 6) is 0.211. The van der Waals surface area contributed by atoms with Crippen LogP contribution in [-0.4, -0.2) is 41.9 Å². The summed E-state index contributed by atoms with van der Waals surface area (Å²) < 4.78 is 12.9. The maximum absolute atomic E-state index is 13.8. The number of fused-ring (bicyclic) bond motifs is 1. The first-order valence-electron chi connectivity index (χ1n) is 12.9. The molecule has 0 saturated carbocycles. The first kappa shape index (κ1) is 27.9. The van der Waals surface area contributed by atoms with E-state index in [4.69, 9.17) is 9.47 Å². The van der Waals surface area contributed by atoms with E-state index in [0.29, 0.717) is 38.5 Å². The molecule has 0 unspecified atom stereocenters. The number of phenolic OH excluding ortho intramolecular Hbond substituents is 1. The van der Waals surface area contributed by atoms with Crippen LogP contribution >= 0.6 is 11.3 Å². The second-order valence-corrected chi connectivity index (χ2v) is 9.90. The Labute approximate surface area is 231 Å². The molecule has 0 spiro atoms. The van der Waals surface area contributed by atoms with Gasteiger partial charge in [0.05, 0.1) is 28.5 Å². The second-order valence-electron chi connectivity index (χ2n) is 8.89. The van der Waals surface area contributed by atoms with Gasteiger partial charge in [0.15, 0.2) is 4.80 Å². The molecule has 1 aliphatic rings. The van der Waals surface area contributed by atoms with Gasteiger partial charge in [0.1, 0.15) is 18.1 Å². The molecule has 1 atom stereocenters. The van der Waals surface area contributed by atoms with Gasteiger partial charge in [0.25, 0.3) is 5.56 Å². The lowest BCUT2D eigenvalue weighted by molar-refractivity contribution is -0.139. The van der Waals surface area contributed by atoms with Crippen molar-refractivity contribution in [3.8, 4) is 11.5 Å². The molecular formula is C30H33N3O5S. The zero-order chi connectivity index (χ0) is 28.1. The standard InChI is InChI=1S/C30H33N3O5S/c1-6-16-38-23-14-11-20(12-15-23)27-26(29(36)37-9-4)19(5)31-30-33(27)28(35)25(39-30)17-21-10-13-22(18-24(21)34)32(7-2)8-3/h6,10-15,17-18,27,34H,1,7-9,16H2,2-5H3/b25-17-/t27-/m1/s1. The van der Waals surface area contributed by atoms with Crippen molar-refractivity contribution in [2.75, 3.05) is 31.2 Å². The van der Waals surface area contributed by atoms with E-state index in [1.807, 2.05) is 18.2 Å². The van der Waals surface area contributed by atoms with Crippen LogP contribution in [0.4, 0.5) is 5.69 Å². The smallest absolute Gasteiger partial charge is 0.338 e. The fraction of sp³-hybridized carbons (Fsp3) is 0.300. The van der Waals surface area contributed by atoms with Crippen LogP contribution in [0.5, 0.6) is 11.5 Å². The van der Waals surface area contributed by atoms with Crippen molar-refractivity contribution in [1.29, 1.82) is 0 Å². The summed E-state index contributed by atoms with van der Waals surface area (Å²) >= 11 is 1.21. The molecule has 2 aromatic carbocycles. The number of carbonyl (C=O) groups is 1. The number of nitrogens with zero attached hydrogens (tertiary/aromatic N) is 3. The number of aromatic hydroxyl groups is 1. The summed E-state index contributed by atoms with van der Waals surface area (Å²) in [5, 5.41) is 10.7. The second kappa shape index (κ2) is 12.2. The number of allylic oxidation sites excluding steroid dienone is 1. The normalized spacial score (nSPS) is 15.0. The van der Waals surface area contributed by atoms with Crippen LogP contribution < -0.4 is 24.5 Å². The van der Waals surface area contributed by atoms with E-state index in [2.05, 4.69) is 30.3 Å². The number of benzene rings is 2. The highest BCUT2D eigenvalue weighted by atomic mass is 32.1. The van der Waals surface area contributed by atoms with Gasteiger partial charge in [-0.2, -0.15) is 0 Å². The minimum absolute atomic E-state index is 0.0836. The fourth-order valence-corrected chi connectivity index (χ4v) is 5.63. The summed E-state index contributed by atoms with van der Waals surface area (Å²) in [6.07, 6.45) is 3.32. The fourth-order valence-electron chi connectivity index (χ4n) is 4.59. The van der Waals surface area contributed by atoms with Crippen molar-refractivity contribution in [2.45, 2.75) is 33.7 Å². The van der Waals surface area contributed by atoms with E-state index in [-0.39, 0.29) is 17.9 Å². The Balaban J connectivity index is 1.85. The third-order valence-corrected chi connectivity index (χ3v) is 7.49. The Bertz CT molecular complexity index is 1580. The van der Waals surface area contributed by atoms with Crippen LogP contribution in [0.2, 0.25) is 0 Å². The summed E-state index contributed by atoms with van der Waals surface area (Å²) in [5.41, 5.74) is 2.64. The molecule has 1 aliphatic heterocycles. The number of thiazole rings is 1. The molecule has 2 heterocycles. The molecule has 0 radical (unpaired) electrons. The van der Waals surface area contributed by atoms with Crippen molar-refractivity contribution >= 4 is 29.1 Å². The van der Waals surface area contributed by atoms with Gasteiger partial charge in [0.2, 0.25) is 0 Å². The molecule has 0 aliphatic carbocycles. The van der Waals surface area contributed by atoms with E-state index in [0.717, 1.165) is 24.3 Å². The van der Waals surface area contributed by atoms with Crippen molar-refractivity contribution in [1.82, 2.24) is 4.57 Å². The molecule has 0 amide bonds. The van der Waals surface area contributed by atoms with Crippen molar-refractivity contribution in [2.24, 2.45) is 4.99 Å². The highest BCUT2D eigenvalue weighted by molar-refractivity contribution is 7.07. The lowest BCUT2D eigenvalue weighted by Gasteiger charge is -2.24. The van der Waals surface area contributed by atoms with E-state index >= 15 is 0 Å². The molecule has 0 bridgehead atoms. The van der Waals surface area contributed by atoms with Crippen LogP contribution in [0.25, 0.3) is 6.08 Å². The lowest BCUT2D eigenvalue weighted by atomic mass is 9.96. The number of carbonyl (C=O) groups excluding carboxylic acids is 1. The van der Waals surface area contributed by atoms with Gasteiger partial charge in [0, 0.05) is 30.4 Å². The average molecular weight is 548 g/mol. The first-order valence-corrected chi connectivity index (χ1v) is 13.8. The van der Waals surface area contributed by atoms with E-state index in [9.17, 15) is 14.7 Å². The molecule has 0 fully saturated rings. The number of ether oxygens (including phenoxy) is 2. The molecule has 8 nitrogen and oxygen atoms in total. The number of anilines is 1. The van der Waals surface area contributed by atoms with Crippen molar-refractivity contribution < 1.29 is 19.4 Å². The number of aromatic nitrogens is 1. The molecule has 3 aromatic rings. The molecule has 9 heteroatoms. The van der Waals surface area contributed by atoms with Gasteiger partial charge in [-0.25, -0.2) is 9.79 Å². The SMILES string of the molecule is C=CCOc1ccc([C@@H]2C(C(=O)OCC)=C(C)N=c3s/c(=C\c4ccc(N(CC)CC)cc4O)c(=O)n32)cc1. The highest BCUT2D eigenvalue weighted by Gasteiger charge is 2.33. The van der Waals surface area contributed by atoms with Crippen LogP contribution in [0.3, 0.4) is 0 Å². The molecule has 1 aromatic heterocycles. The number of rotatable bonds is 10.